The van der Waals surface area contributed by atoms with Crippen LogP contribution in [0.2, 0.25) is 0 Å². The second-order valence-corrected chi connectivity index (χ2v) is 6.71. The van der Waals surface area contributed by atoms with Gasteiger partial charge in [0.25, 0.3) is 0 Å². The van der Waals surface area contributed by atoms with Crippen molar-refractivity contribution in [2.24, 2.45) is 0 Å². The Morgan fingerprint density at radius 2 is 1.86 bits per heavy atom. The van der Waals surface area contributed by atoms with Gasteiger partial charge < -0.3 is 18.9 Å². The van der Waals surface area contributed by atoms with Crippen LogP contribution in [0, 0.1) is 0 Å². The maximum atomic E-state index is 11.8. The molecule has 148 valence electrons. The molecule has 0 bridgehead atoms. The molecule has 2 unspecified atom stereocenters. The predicted octanol–water partition coefficient (Wildman–Crippen LogP) is 4.35. The first-order valence-corrected chi connectivity index (χ1v) is 9.32. The van der Waals surface area contributed by atoms with Gasteiger partial charge >= 0.3 is 5.97 Å². The van der Waals surface area contributed by atoms with Crippen LogP contribution in [-0.2, 0) is 11.3 Å². The van der Waals surface area contributed by atoms with Gasteiger partial charge in [0.2, 0.25) is 0 Å². The standard InChI is InChI=1S/C23H21NO5/c1-15-22(29-21-12-17(23(25)26-2)8-11-20(21)28-15)19-10-9-18(13-24-19)27-14-16-6-4-3-5-7-16/h3-13,15,22H,14H2,1-2H3. The van der Waals surface area contributed by atoms with Crippen LogP contribution in [0.3, 0.4) is 0 Å². The van der Waals surface area contributed by atoms with Gasteiger partial charge in [0.05, 0.1) is 24.6 Å². The number of ether oxygens (including phenoxy) is 4. The van der Waals surface area contributed by atoms with Crippen LogP contribution in [0.25, 0.3) is 0 Å². The number of benzene rings is 2. The molecule has 2 heterocycles. The Morgan fingerprint density at radius 1 is 1.03 bits per heavy atom. The minimum atomic E-state index is -0.426. The highest BCUT2D eigenvalue weighted by Gasteiger charge is 2.31. The first-order chi connectivity index (χ1) is 14.1. The van der Waals surface area contributed by atoms with Gasteiger partial charge in [-0.2, -0.15) is 0 Å². The minimum absolute atomic E-state index is 0.241. The summed E-state index contributed by atoms with van der Waals surface area (Å²) in [6.45, 7) is 2.40. The van der Waals surface area contributed by atoms with E-state index in [4.69, 9.17) is 18.9 Å². The second-order valence-electron chi connectivity index (χ2n) is 6.71. The maximum Gasteiger partial charge on any atom is 0.337 e. The zero-order valence-electron chi connectivity index (χ0n) is 16.2. The van der Waals surface area contributed by atoms with Gasteiger partial charge in [0.1, 0.15) is 18.5 Å². The molecule has 2 aromatic carbocycles. The van der Waals surface area contributed by atoms with E-state index in [1.807, 2.05) is 49.4 Å². The van der Waals surface area contributed by atoms with Crippen LogP contribution in [-0.4, -0.2) is 24.2 Å². The number of nitrogens with zero attached hydrogens (tertiary/aromatic N) is 1. The molecular weight excluding hydrogens is 370 g/mol. The van der Waals surface area contributed by atoms with Crippen molar-refractivity contribution in [3.8, 4) is 17.2 Å². The molecule has 0 radical (unpaired) electrons. The molecule has 1 aliphatic heterocycles. The molecule has 0 saturated carbocycles. The molecule has 0 amide bonds. The Morgan fingerprint density at radius 3 is 2.59 bits per heavy atom. The Kier molecular flexibility index (Phi) is 5.33. The Hall–Kier alpha value is -3.54. The molecule has 0 aliphatic carbocycles. The van der Waals surface area contributed by atoms with Crippen molar-refractivity contribution in [1.82, 2.24) is 4.98 Å². The fourth-order valence-electron chi connectivity index (χ4n) is 3.12. The van der Waals surface area contributed by atoms with Crippen molar-refractivity contribution in [3.05, 3.63) is 83.7 Å². The monoisotopic (exact) mass is 391 g/mol. The summed E-state index contributed by atoms with van der Waals surface area (Å²) in [4.78, 5) is 16.3. The highest BCUT2D eigenvalue weighted by Crippen LogP contribution is 2.39. The summed E-state index contributed by atoms with van der Waals surface area (Å²) in [5.41, 5.74) is 2.21. The third-order valence-electron chi connectivity index (χ3n) is 4.66. The normalized spacial score (nSPS) is 17.4. The molecule has 6 nitrogen and oxygen atoms in total. The molecule has 0 N–H and O–H groups in total. The maximum absolute atomic E-state index is 11.8. The topological polar surface area (TPSA) is 66.9 Å². The smallest absolute Gasteiger partial charge is 0.337 e. The predicted molar refractivity (Wildman–Crippen MR) is 106 cm³/mol. The summed E-state index contributed by atoms with van der Waals surface area (Å²) in [6, 6.07) is 18.7. The highest BCUT2D eigenvalue weighted by atomic mass is 16.6. The number of esters is 1. The van der Waals surface area contributed by atoms with Crippen molar-refractivity contribution in [2.75, 3.05) is 7.11 Å². The summed E-state index contributed by atoms with van der Waals surface area (Å²) in [6.07, 6.45) is 1.03. The van der Waals surface area contributed by atoms with Gasteiger partial charge in [0.15, 0.2) is 17.6 Å². The van der Waals surface area contributed by atoms with Crippen molar-refractivity contribution >= 4 is 5.97 Å². The number of fused-ring (bicyclic) bond motifs is 1. The molecule has 2 atom stereocenters. The van der Waals surface area contributed by atoms with Gasteiger partial charge in [-0.1, -0.05) is 30.3 Å². The highest BCUT2D eigenvalue weighted by molar-refractivity contribution is 5.90. The van der Waals surface area contributed by atoms with Crippen LogP contribution >= 0.6 is 0 Å². The summed E-state index contributed by atoms with van der Waals surface area (Å²) < 4.78 is 22.6. The number of hydrogen-bond donors (Lipinski definition) is 0. The van der Waals surface area contributed by atoms with Crippen molar-refractivity contribution in [2.45, 2.75) is 25.7 Å². The van der Waals surface area contributed by atoms with Crippen molar-refractivity contribution < 1.29 is 23.7 Å². The van der Waals surface area contributed by atoms with Crippen LogP contribution in [0.5, 0.6) is 17.2 Å². The lowest BCUT2D eigenvalue weighted by molar-refractivity contribution is 0.0278. The first-order valence-electron chi connectivity index (χ1n) is 9.32. The van der Waals surface area contributed by atoms with Crippen LogP contribution < -0.4 is 14.2 Å². The number of carbonyl (C=O) groups excluding carboxylic acids is 1. The van der Waals surface area contributed by atoms with E-state index in [1.165, 1.54) is 7.11 Å². The number of rotatable bonds is 5. The fraction of sp³-hybridized carbons (Fsp3) is 0.217. The van der Waals surface area contributed by atoms with Gasteiger partial charge in [-0.15, -0.1) is 0 Å². The molecule has 3 aromatic rings. The quantitative estimate of drug-likeness (QED) is 0.603. The lowest BCUT2D eigenvalue weighted by Gasteiger charge is -2.31. The number of aromatic nitrogens is 1. The average molecular weight is 391 g/mol. The Labute approximate surface area is 169 Å². The molecule has 0 spiro atoms. The van der Waals surface area contributed by atoms with E-state index in [2.05, 4.69) is 4.98 Å². The van der Waals surface area contributed by atoms with Crippen molar-refractivity contribution in [3.63, 3.8) is 0 Å². The summed E-state index contributed by atoms with van der Waals surface area (Å²) in [5.74, 6) is 1.33. The molecule has 0 saturated heterocycles. The molecular formula is C23H21NO5. The van der Waals surface area contributed by atoms with Gasteiger partial charge in [-0.05, 0) is 42.8 Å². The minimum Gasteiger partial charge on any atom is -0.487 e. The van der Waals surface area contributed by atoms with E-state index in [0.717, 1.165) is 11.3 Å². The molecule has 0 fully saturated rings. The van der Waals surface area contributed by atoms with Crippen LogP contribution in [0.15, 0.2) is 66.9 Å². The average Bonchev–Trinajstić information content (AvgIpc) is 2.77. The molecule has 4 rings (SSSR count). The van der Waals surface area contributed by atoms with E-state index in [9.17, 15) is 4.79 Å². The lowest BCUT2D eigenvalue weighted by atomic mass is 10.1. The van der Waals surface area contributed by atoms with E-state index in [1.54, 1.807) is 24.4 Å². The Balaban J connectivity index is 1.47. The van der Waals surface area contributed by atoms with Gasteiger partial charge in [-0.3, -0.25) is 4.98 Å². The van der Waals surface area contributed by atoms with E-state index in [0.29, 0.717) is 29.4 Å². The van der Waals surface area contributed by atoms with Crippen LogP contribution in [0.4, 0.5) is 0 Å². The lowest BCUT2D eigenvalue weighted by Crippen LogP contribution is -2.31. The SMILES string of the molecule is COC(=O)c1ccc2c(c1)OC(c1ccc(OCc3ccccc3)cn1)C(C)O2. The first kappa shape index (κ1) is 18.8. The van der Waals surface area contributed by atoms with E-state index in [-0.39, 0.29) is 6.10 Å². The van der Waals surface area contributed by atoms with E-state index >= 15 is 0 Å². The molecule has 29 heavy (non-hydrogen) atoms. The summed E-state index contributed by atoms with van der Waals surface area (Å²) in [5, 5.41) is 0. The molecule has 6 heteroatoms. The summed E-state index contributed by atoms with van der Waals surface area (Å²) >= 11 is 0. The third-order valence-corrected chi connectivity index (χ3v) is 4.66. The third kappa shape index (κ3) is 4.16. The Bertz CT molecular complexity index is 988. The zero-order chi connectivity index (χ0) is 20.2. The van der Waals surface area contributed by atoms with Gasteiger partial charge in [-0.25, -0.2) is 4.79 Å². The van der Waals surface area contributed by atoms with Gasteiger partial charge in [0, 0.05) is 0 Å². The number of methoxy groups -OCH3 is 1. The summed E-state index contributed by atoms with van der Waals surface area (Å²) in [7, 11) is 1.34. The largest absolute Gasteiger partial charge is 0.487 e. The van der Waals surface area contributed by atoms with Crippen LogP contribution in [0.1, 0.15) is 34.6 Å². The number of hydrogen-bond acceptors (Lipinski definition) is 6. The molecule has 1 aromatic heterocycles. The zero-order valence-corrected chi connectivity index (χ0v) is 16.2. The number of pyridine rings is 1. The molecule has 1 aliphatic rings. The second kappa shape index (κ2) is 8.22. The fourth-order valence-corrected chi connectivity index (χ4v) is 3.12. The number of carbonyl (C=O) groups is 1. The van der Waals surface area contributed by atoms with E-state index < -0.39 is 12.1 Å². The van der Waals surface area contributed by atoms with Crippen molar-refractivity contribution in [1.29, 1.82) is 0 Å².